The van der Waals surface area contributed by atoms with Crippen LogP contribution in [-0.2, 0) is 10.0 Å². The Morgan fingerprint density at radius 3 is 2.48 bits per heavy atom. The molecule has 0 atom stereocenters. The lowest BCUT2D eigenvalue weighted by molar-refractivity contribution is 0.102. The van der Waals surface area contributed by atoms with Gasteiger partial charge in [-0.25, -0.2) is 13.1 Å². The number of rotatable bonds is 5. The second kappa shape index (κ2) is 8.29. The summed E-state index contributed by atoms with van der Waals surface area (Å²) in [7, 11) is -2.35. The molecule has 1 aliphatic heterocycles. The highest BCUT2D eigenvalue weighted by Gasteiger charge is 2.20. The van der Waals surface area contributed by atoms with Crippen LogP contribution in [-0.4, -0.2) is 34.5 Å². The molecule has 0 unspecified atom stereocenters. The minimum atomic E-state index is -3.67. The van der Waals surface area contributed by atoms with Crippen LogP contribution < -0.4 is 14.9 Å². The van der Waals surface area contributed by atoms with E-state index in [1.807, 2.05) is 24.3 Å². The molecule has 8 heteroatoms. The fourth-order valence-electron chi connectivity index (χ4n) is 3.14. The third kappa shape index (κ3) is 4.43. The fraction of sp³-hybridized carbons (Fsp3) is 0.316. The van der Waals surface area contributed by atoms with Gasteiger partial charge in [0.25, 0.3) is 5.91 Å². The van der Waals surface area contributed by atoms with Crippen LogP contribution in [0.1, 0.15) is 29.6 Å². The average molecular weight is 408 g/mol. The molecule has 0 aromatic heterocycles. The predicted octanol–water partition coefficient (Wildman–Crippen LogP) is 3.49. The van der Waals surface area contributed by atoms with E-state index in [4.69, 9.17) is 11.6 Å². The number of nitrogens with zero attached hydrogens (tertiary/aromatic N) is 1. The maximum Gasteiger partial charge on any atom is 0.257 e. The minimum absolute atomic E-state index is 0.0103. The van der Waals surface area contributed by atoms with Crippen molar-refractivity contribution in [1.29, 1.82) is 0 Å². The van der Waals surface area contributed by atoms with Gasteiger partial charge in [0.05, 0.1) is 26.9 Å². The Kier molecular flexibility index (Phi) is 6.04. The Labute approximate surface area is 164 Å². The van der Waals surface area contributed by atoms with E-state index in [0.29, 0.717) is 5.69 Å². The number of carbonyl (C=O) groups excluding carboxylic acids is 1. The molecule has 2 aromatic carbocycles. The van der Waals surface area contributed by atoms with Crippen LogP contribution >= 0.6 is 11.6 Å². The average Bonchev–Trinajstić information content (AvgIpc) is 2.69. The second-order valence-electron chi connectivity index (χ2n) is 6.37. The van der Waals surface area contributed by atoms with Crippen molar-refractivity contribution in [3.8, 4) is 0 Å². The van der Waals surface area contributed by atoms with Gasteiger partial charge in [-0.15, -0.1) is 0 Å². The number of hydrogen-bond donors (Lipinski definition) is 2. The van der Waals surface area contributed by atoms with Gasteiger partial charge in [-0.3, -0.25) is 4.79 Å². The third-order valence-electron chi connectivity index (χ3n) is 4.61. The van der Waals surface area contributed by atoms with Crippen molar-refractivity contribution in [2.45, 2.75) is 24.2 Å². The van der Waals surface area contributed by atoms with E-state index in [9.17, 15) is 13.2 Å². The standard InChI is InChI=1S/C19H22ClN3O3S/c1-21-27(25,26)14-9-10-16(20)15(13-14)19(24)22-17-7-3-4-8-18(17)23-11-5-2-6-12-23/h3-4,7-10,13,21H,2,5-6,11-12H2,1H3,(H,22,24). The number of amides is 1. The highest BCUT2D eigenvalue weighted by Crippen LogP contribution is 2.29. The molecule has 1 fully saturated rings. The minimum Gasteiger partial charge on any atom is -0.370 e. The molecule has 1 amide bonds. The quantitative estimate of drug-likeness (QED) is 0.795. The summed E-state index contributed by atoms with van der Waals surface area (Å²) in [5.41, 5.74) is 1.75. The zero-order valence-corrected chi connectivity index (χ0v) is 16.6. The highest BCUT2D eigenvalue weighted by molar-refractivity contribution is 7.89. The van der Waals surface area contributed by atoms with Crippen molar-refractivity contribution in [3.63, 3.8) is 0 Å². The molecule has 1 heterocycles. The van der Waals surface area contributed by atoms with Gasteiger partial charge in [0.15, 0.2) is 0 Å². The number of anilines is 2. The first kappa shape index (κ1) is 19.7. The van der Waals surface area contributed by atoms with Crippen LogP contribution in [0, 0.1) is 0 Å². The lowest BCUT2D eigenvalue weighted by Gasteiger charge is -2.30. The number of nitrogens with one attached hydrogen (secondary N) is 2. The summed E-state index contributed by atoms with van der Waals surface area (Å²) in [6.45, 7) is 1.90. The Balaban J connectivity index is 1.89. The van der Waals surface area contributed by atoms with Crippen LogP contribution in [0.3, 0.4) is 0 Å². The number of benzene rings is 2. The summed E-state index contributed by atoms with van der Waals surface area (Å²) in [5.74, 6) is -0.447. The summed E-state index contributed by atoms with van der Waals surface area (Å²) >= 11 is 6.15. The van der Waals surface area contributed by atoms with Gasteiger partial charge in [-0.1, -0.05) is 23.7 Å². The molecule has 1 saturated heterocycles. The maximum atomic E-state index is 12.8. The summed E-state index contributed by atoms with van der Waals surface area (Å²) in [5, 5.41) is 3.07. The van der Waals surface area contributed by atoms with E-state index in [1.165, 1.54) is 31.7 Å². The Morgan fingerprint density at radius 1 is 1.07 bits per heavy atom. The van der Waals surface area contributed by atoms with E-state index in [1.54, 1.807) is 0 Å². The van der Waals surface area contributed by atoms with Gasteiger partial charge in [0.2, 0.25) is 10.0 Å². The summed E-state index contributed by atoms with van der Waals surface area (Å²) in [6, 6.07) is 11.7. The van der Waals surface area contributed by atoms with Gasteiger partial charge in [0.1, 0.15) is 0 Å². The van der Waals surface area contributed by atoms with Crippen molar-refractivity contribution in [3.05, 3.63) is 53.1 Å². The number of piperidine rings is 1. The van der Waals surface area contributed by atoms with Crippen molar-refractivity contribution >= 4 is 38.9 Å². The van der Waals surface area contributed by atoms with Crippen molar-refractivity contribution in [2.75, 3.05) is 30.4 Å². The molecule has 6 nitrogen and oxygen atoms in total. The molecule has 2 N–H and O–H groups in total. The summed E-state index contributed by atoms with van der Waals surface area (Å²) in [6.07, 6.45) is 3.46. The molecule has 0 aliphatic carbocycles. The highest BCUT2D eigenvalue weighted by atomic mass is 35.5. The van der Waals surface area contributed by atoms with Gasteiger partial charge in [-0.2, -0.15) is 0 Å². The van der Waals surface area contributed by atoms with E-state index >= 15 is 0 Å². The molecule has 0 radical (unpaired) electrons. The topological polar surface area (TPSA) is 78.5 Å². The smallest absolute Gasteiger partial charge is 0.257 e. The Morgan fingerprint density at radius 2 is 1.78 bits per heavy atom. The van der Waals surface area contributed by atoms with E-state index in [0.717, 1.165) is 31.6 Å². The van der Waals surface area contributed by atoms with E-state index in [2.05, 4.69) is 14.9 Å². The SMILES string of the molecule is CNS(=O)(=O)c1ccc(Cl)c(C(=O)Nc2ccccc2N2CCCCC2)c1. The lowest BCUT2D eigenvalue weighted by Crippen LogP contribution is -2.30. The molecule has 1 aliphatic rings. The van der Waals surface area contributed by atoms with Gasteiger partial charge >= 0.3 is 0 Å². The molecule has 2 aromatic rings. The molecule has 0 bridgehead atoms. The Hall–Kier alpha value is -2.09. The fourth-order valence-corrected chi connectivity index (χ4v) is 4.10. The summed E-state index contributed by atoms with van der Waals surface area (Å²) < 4.78 is 26.3. The first-order valence-corrected chi connectivity index (χ1v) is 10.7. The first-order valence-electron chi connectivity index (χ1n) is 8.81. The Bertz CT molecular complexity index is 941. The number of halogens is 1. The zero-order chi connectivity index (χ0) is 19.4. The first-order chi connectivity index (χ1) is 12.9. The van der Waals surface area contributed by atoms with Crippen molar-refractivity contribution in [2.24, 2.45) is 0 Å². The molecule has 27 heavy (non-hydrogen) atoms. The zero-order valence-electron chi connectivity index (χ0n) is 15.0. The molecule has 0 saturated carbocycles. The molecule has 144 valence electrons. The van der Waals surface area contributed by atoms with Gasteiger partial charge in [-0.05, 0) is 56.6 Å². The normalized spacial score (nSPS) is 14.8. The van der Waals surface area contributed by atoms with Crippen molar-refractivity contribution < 1.29 is 13.2 Å². The van der Waals surface area contributed by atoms with Crippen molar-refractivity contribution in [1.82, 2.24) is 4.72 Å². The monoisotopic (exact) mass is 407 g/mol. The van der Waals surface area contributed by atoms with Crippen LogP contribution in [0.15, 0.2) is 47.4 Å². The predicted molar refractivity (Wildman–Crippen MR) is 108 cm³/mol. The maximum absolute atomic E-state index is 12.8. The largest absolute Gasteiger partial charge is 0.370 e. The van der Waals surface area contributed by atoms with Gasteiger partial charge < -0.3 is 10.2 Å². The number of hydrogen-bond acceptors (Lipinski definition) is 4. The number of para-hydroxylation sites is 2. The number of carbonyl (C=O) groups is 1. The molecule has 0 spiro atoms. The van der Waals surface area contributed by atoms with Gasteiger partial charge in [0, 0.05) is 13.1 Å². The lowest BCUT2D eigenvalue weighted by atomic mass is 10.1. The van der Waals surface area contributed by atoms with Crippen LogP contribution in [0.4, 0.5) is 11.4 Å². The third-order valence-corrected chi connectivity index (χ3v) is 6.35. The van der Waals surface area contributed by atoms with Crippen LogP contribution in [0.2, 0.25) is 5.02 Å². The van der Waals surface area contributed by atoms with E-state index < -0.39 is 15.9 Å². The van der Waals surface area contributed by atoms with Crippen LogP contribution in [0.5, 0.6) is 0 Å². The molecule has 3 rings (SSSR count). The molecular weight excluding hydrogens is 386 g/mol. The summed E-state index contributed by atoms with van der Waals surface area (Å²) in [4.78, 5) is 15.1. The van der Waals surface area contributed by atoms with Crippen LogP contribution in [0.25, 0.3) is 0 Å². The second-order valence-corrected chi connectivity index (χ2v) is 8.66. The molecular formula is C19H22ClN3O3S. The number of sulfonamides is 1. The van der Waals surface area contributed by atoms with E-state index in [-0.39, 0.29) is 15.5 Å².